The Morgan fingerprint density at radius 2 is 1.89 bits per heavy atom. The number of hydrogen-bond acceptors (Lipinski definition) is 7. The summed E-state index contributed by atoms with van der Waals surface area (Å²) in [4.78, 5) is 4.20. The van der Waals surface area contributed by atoms with Gasteiger partial charge in [0.1, 0.15) is 5.69 Å². The maximum absolute atomic E-state index is 12.2. The Balaban J connectivity index is 1.47. The Labute approximate surface area is 160 Å². The van der Waals surface area contributed by atoms with Crippen LogP contribution in [-0.4, -0.2) is 40.9 Å². The molecule has 0 bridgehead atoms. The fourth-order valence-corrected chi connectivity index (χ4v) is 3.89. The van der Waals surface area contributed by atoms with Gasteiger partial charge in [0.15, 0.2) is 0 Å². The van der Waals surface area contributed by atoms with Crippen molar-refractivity contribution >= 4 is 16.0 Å². The van der Waals surface area contributed by atoms with Gasteiger partial charge in [-0.3, -0.25) is 4.98 Å². The maximum Gasteiger partial charge on any atom is 0.316 e. The molecule has 0 aliphatic heterocycles. The van der Waals surface area contributed by atoms with Crippen LogP contribution in [0.5, 0.6) is 0 Å². The highest BCUT2D eigenvalue weighted by Gasteiger charge is 2.30. The number of sulfonamides is 1. The molecule has 0 radical (unpaired) electrons. The zero-order valence-electron chi connectivity index (χ0n) is 16.0. The molecule has 9 heteroatoms. The monoisotopic (exact) mass is 393 g/mol. The number of anilines is 1. The average molecular weight is 394 g/mol. The number of hydrogen-bond donors (Lipinski definition) is 2. The van der Waals surface area contributed by atoms with Gasteiger partial charge in [-0.15, -0.1) is 5.10 Å². The van der Waals surface area contributed by atoms with Gasteiger partial charge in [0, 0.05) is 18.8 Å². The molecule has 1 aliphatic rings. The van der Waals surface area contributed by atoms with Gasteiger partial charge < -0.3 is 9.73 Å². The molecule has 0 saturated heterocycles. The molecule has 148 valence electrons. The summed E-state index contributed by atoms with van der Waals surface area (Å²) in [5.74, 6) is 0.746. The third-order valence-electron chi connectivity index (χ3n) is 4.85. The van der Waals surface area contributed by atoms with Crippen molar-refractivity contribution in [1.82, 2.24) is 19.9 Å². The molecular weight excluding hydrogens is 366 g/mol. The zero-order chi connectivity index (χ0) is 19.5. The Bertz CT molecular complexity index is 837. The third kappa shape index (κ3) is 5.04. The molecule has 0 spiro atoms. The quantitative estimate of drug-likeness (QED) is 0.776. The van der Waals surface area contributed by atoms with Gasteiger partial charge in [-0.2, -0.15) is 0 Å². The molecule has 2 aromatic rings. The summed E-state index contributed by atoms with van der Waals surface area (Å²) >= 11 is 0. The molecule has 2 N–H and O–H groups in total. The van der Waals surface area contributed by atoms with Crippen molar-refractivity contribution in [3.63, 3.8) is 0 Å². The second kappa shape index (κ2) is 7.93. The van der Waals surface area contributed by atoms with Crippen molar-refractivity contribution < 1.29 is 12.8 Å². The number of rotatable bonds is 6. The van der Waals surface area contributed by atoms with E-state index >= 15 is 0 Å². The Morgan fingerprint density at radius 3 is 2.52 bits per heavy atom. The van der Waals surface area contributed by atoms with Gasteiger partial charge in [-0.1, -0.05) is 11.2 Å². The predicted octanol–water partition coefficient (Wildman–Crippen LogP) is 2.82. The van der Waals surface area contributed by atoms with E-state index in [9.17, 15) is 8.42 Å². The van der Waals surface area contributed by atoms with Crippen molar-refractivity contribution in [2.75, 3.05) is 11.9 Å². The van der Waals surface area contributed by atoms with E-state index in [2.05, 4.69) is 25.2 Å². The number of pyridine rings is 1. The predicted molar refractivity (Wildman–Crippen MR) is 104 cm³/mol. The summed E-state index contributed by atoms with van der Waals surface area (Å²) in [6.07, 6.45) is 5.45. The number of nitrogens with zero attached hydrogens (tertiary/aromatic N) is 3. The van der Waals surface area contributed by atoms with Crippen LogP contribution in [0.15, 0.2) is 28.8 Å². The first-order valence-corrected chi connectivity index (χ1v) is 10.7. The Kier molecular flexibility index (Phi) is 5.81. The van der Waals surface area contributed by atoms with Crippen molar-refractivity contribution in [3.8, 4) is 11.6 Å². The topological polar surface area (TPSA) is 110 Å². The molecule has 1 saturated carbocycles. The molecule has 3 rings (SSSR count). The van der Waals surface area contributed by atoms with Crippen LogP contribution in [0.25, 0.3) is 11.6 Å². The maximum atomic E-state index is 12.2. The van der Waals surface area contributed by atoms with E-state index in [0.717, 1.165) is 25.7 Å². The normalized spacial score (nSPS) is 21.1. The minimum atomic E-state index is -3.29. The molecule has 0 unspecified atom stereocenters. The van der Waals surface area contributed by atoms with Gasteiger partial charge in [-0.05, 0) is 64.5 Å². The first kappa shape index (κ1) is 19.8. The van der Waals surface area contributed by atoms with Crippen molar-refractivity contribution in [1.29, 1.82) is 0 Å². The molecule has 2 aromatic heterocycles. The highest BCUT2D eigenvalue weighted by Crippen LogP contribution is 2.27. The summed E-state index contributed by atoms with van der Waals surface area (Å²) in [6.45, 7) is 5.62. The molecule has 0 atom stereocenters. The summed E-state index contributed by atoms with van der Waals surface area (Å²) in [7, 11) is -3.29. The molecule has 1 aliphatic carbocycles. The van der Waals surface area contributed by atoms with Crippen molar-refractivity contribution in [2.45, 2.75) is 57.2 Å². The summed E-state index contributed by atoms with van der Waals surface area (Å²) in [5, 5.41) is 11.4. The first-order chi connectivity index (χ1) is 12.7. The minimum Gasteiger partial charge on any atom is -0.402 e. The van der Waals surface area contributed by atoms with Crippen molar-refractivity contribution in [2.24, 2.45) is 5.92 Å². The van der Waals surface area contributed by atoms with Crippen molar-refractivity contribution in [3.05, 3.63) is 24.4 Å². The summed E-state index contributed by atoms with van der Waals surface area (Å²) in [6, 6.07) is 6.17. The molecule has 0 amide bonds. The largest absolute Gasteiger partial charge is 0.402 e. The smallest absolute Gasteiger partial charge is 0.316 e. The van der Waals surface area contributed by atoms with Crippen LogP contribution in [0.2, 0.25) is 0 Å². The highest BCUT2D eigenvalue weighted by atomic mass is 32.2. The van der Waals surface area contributed by atoms with E-state index in [4.69, 9.17) is 4.42 Å². The average Bonchev–Trinajstić information content (AvgIpc) is 3.09. The fourth-order valence-electron chi connectivity index (χ4n) is 3.00. The van der Waals surface area contributed by atoms with Gasteiger partial charge in [0.05, 0.1) is 4.75 Å². The molecular formula is C18H27N5O3S. The lowest BCUT2D eigenvalue weighted by molar-refractivity contribution is 0.333. The second-order valence-corrected chi connectivity index (χ2v) is 10.5. The zero-order valence-corrected chi connectivity index (χ0v) is 16.8. The van der Waals surface area contributed by atoms with Crippen LogP contribution < -0.4 is 10.0 Å². The lowest BCUT2D eigenvalue weighted by Crippen LogP contribution is -2.42. The van der Waals surface area contributed by atoms with E-state index < -0.39 is 14.8 Å². The van der Waals surface area contributed by atoms with Crippen LogP contribution in [-0.2, 0) is 10.0 Å². The lowest BCUT2D eigenvalue weighted by Gasteiger charge is -2.29. The van der Waals surface area contributed by atoms with Gasteiger partial charge in [0.2, 0.25) is 10.0 Å². The molecule has 0 aromatic carbocycles. The third-order valence-corrected chi connectivity index (χ3v) is 7.01. The van der Waals surface area contributed by atoms with Gasteiger partial charge in [0.25, 0.3) is 5.89 Å². The van der Waals surface area contributed by atoms with E-state index in [1.165, 1.54) is 0 Å². The van der Waals surface area contributed by atoms with E-state index in [-0.39, 0.29) is 6.04 Å². The van der Waals surface area contributed by atoms with Gasteiger partial charge in [-0.25, -0.2) is 13.1 Å². The molecule has 1 fully saturated rings. The summed E-state index contributed by atoms with van der Waals surface area (Å²) in [5.41, 5.74) is 0.646. The van der Waals surface area contributed by atoms with E-state index in [1.807, 2.05) is 18.2 Å². The van der Waals surface area contributed by atoms with Crippen LogP contribution in [0.1, 0.15) is 46.5 Å². The van der Waals surface area contributed by atoms with E-state index in [1.54, 1.807) is 27.0 Å². The summed E-state index contributed by atoms with van der Waals surface area (Å²) < 4.78 is 31.9. The molecule has 8 nitrogen and oxygen atoms in total. The van der Waals surface area contributed by atoms with Crippen LogP contribution in [0.4, 0.5) is 6.01 Å². The molecule has 27 heavy (non-hydrogen) atoms. The van der Waals surface area contributed by atoms with Crippen LogP contribution in [0, 0.1) is 5.92 Å². The second-order valence-electron chi connectivity index (χ2n) is 7.95. The lowest BCUT2D eigenvalue weighted by atomic mass is 9.86. The SMILES string of the molecule is CC(C)(C)S(=O)(=O)NCC1CCC(Nc2nnc(-c3ccccn3)o2)CC1. The Hall–Kier alpha value is -2.00. The highest BCUT2D eigenvalue weighted by molar-refractivity contribution is 7.90. The number of aromatic nitrogens is 3. The Morgan fingerprint density at radius 1 is 1.15 bits per heavy atom. The minimum absolute atomic E-state index is 0.248. The fraction of sp³-hybridized carbons (Fsp3) is 0.611. The molecule has 2 heterocycles. The van der Waals surface area contributed by atoms with Gasteiger partial charge >= 0.3 is 6.01 Å². The standard InChI is InChI=1S/C18H27N5O3S/c1-18(2,3)27(24,25)20-12-13-7-9-14(10-8-13)21-17-23-22-16(26-17)15-6-4-5-11-19-15/h4-6,11,13-14,20H,7-10,12H2,1-3H3,(H,21,23). The van der Waals surface area contributed by atoms with Crippen LogP contribution >= 0.6 is 0 Å². The number of nitrogens with one attached hydrogen (secondary N) is 2. The van der Waals surface area contributed by atoms with E-state index in [0.29, 0.717) is 30.1 Å². The van der Waals surface area contributed by atoms with Crippen LogP contribution in [0.3, 0.4) is 0 Å². The first-order valence-electron chi connectivity index (χ1n) is 9.25.